The zero-order valence-electron chi connectivity index (χ0n) is 9.39. The second kappa shape index (κ2) is 4.13. The van der Waals surface area contributed by atoms with Crippen molar-refractivity contribution in [2.24, 2.45) is 0 Å². The lowest BCUT2D eigenvalue weighted by Gasteiger charge is -2.18. The van der Waals surface area contributed by atoms with E-state index in [1.54, 1.807) is 0 Å². The molecule has 2 aromatic carbocycles. The molecule has 0 bridgehead atoms. The molecule has 0 N–H and O–H groups in total. The Morgan fingerprint density at radius 2 is 1.75 bits per heavy atom. The number of allylic oxidation sites excluding steroid dienone is 2. The molecule has 2 aromatic rings. The van der Waals surface area contributed by atoms with Crippen molar-refractivity contribution in [2.45, 2.75) is 25.2 Å². The summed E-state index contributed by atoms with van der Waals surface area (Å²) in [5.74, 6) is 0.731. The molecule has 0 heterocycles. The van der Waals surface area contributed by atoms with E-state index in [0.717, 1.165) is 5.92 Å². The van der Waals surface area contributed by atoms with Gasteiger partial charge < -0.3 is 0 Å². The molecular formula is C16H16. The fourth-order valence-electron chi connectivity index (χ4n) is 2.56. The second-order valence-electron chi connectivity index (χ2n) is 4.59. The maximum absolute atomic E-state index is 2.36. The van der Waals surface area contributed by atoms with Gasteiger partial charge in [0.05, 0.1) is 0 Å². The maximum Gasteiger partial charge on any atom is -0.0124 e. The Hall–Kier alpha value is -1.56. The van der Waals surface area contributed by atoms with E-state index in [4.69, 9.17) is 0 Å². The summed E-state index contributed by atoms with van der Waals surface area (Å²) in [6.07, 6.45) is 8.37. The van der Waals surface area contributed by atoms with Gasteiger partial charge in [-0.2, -0.15) is 0 Å². The van der Waals surface area contributed by atoms with Crippen LogP contribution in [0.3, 0.4) is 0 Å². The Morgan fingerprint density at radius 3 is 2.56 bits per heavy atom. The molecule has 0 saturated heterocycles. The van der Waals surface area contributed by atoms with E-state index in [1.165, 1.54) is 35.6 Å². The minimum absolute atomic E-state index is 0.731. The highest BCUT2D eigenvalue weighted by molar-refractivity contribution is 5.83. The van der Waals surface area contributed by atoms with Gasteiger partial charge in [-0.15, -0.1) is 0 Å². The predicted molar refractivity (Wildman–Crippen MR) is 69.7 cm³/mol. The molecule has 0 heteroatoms. The number of rotatable bonds is 1. The number of fused-ring (bicyclic) bond motifs is 1. The first-order valence-electron chi connectivity index (χ1n) is 6.07. The van der Waals surface area contributed by atoms with Gasteiger partial charge >= 0.3 is 0 Å². The van der Waals surface area contributed by atoms with Crippen LogP contribution in [-0.4, -0.2) is 0 Å². The van der Waals surface area contributed by atoms with E-state index in [9.17, 15) is 0 Å². The fraction of sp³-hybridized carbons (Fsp3) is 0.250. The molecule has 0 fully saturated rings. The summed E-state index contributed by atoms with van der Waals surface area (Å²) < 4.78 is 0. The van der Waals surface area contributed by atoms with Gasteiger partial charge in [0.25, 0.3) is 0 Å². The van der Waals surface area contributed by atoms with Gasteiger partial charge in [-0.25, -0.2) is 0 Å². The van der Waals surface area contributed by atoms with Crippen LogP contribution in [0.2, 0.25) is 0 Å². The van der Waals surface area contributed by atoms with E-state index in [0.29, 0.717) is 0 Å². The van der Waals surface area contributed by atoms with Gasteiger partial charge in [-0.1, -0.05) is 54.6 Å². The SMILES string of the molecule is C1=CCC(c2ccc3ccccc3c2)CC1. The lowest BCUT2D eigenvalue weighted by molar-refractivity contribution is 0.618. The van der Waals surface area contributed by atoms with Crippen molar-refractivity contribution in [3.05, 3.63) is 60.2 Å². The Kier molecular flexibility index (Phi) is 2.49. The second-order valence-corrected chi connectivity index (χ2v) is 4.59. The number of hydrogen-bond donors (Lipinski definition) is 0. The van der Waals surface area contributed by atoms with Crippen molar-refractivity contribution in [3.8, 4) is 0 Å². The summed E-state index contributed by atoms with van der Waals surface area (Å²) in [5.41, 5.74) is 1.50. The zero-order valence-corrected chi connectivity index (χ0v) is 9.39. The summed E-state index contributed by atoms with van der Waals surface area (Å²) >= 11 is 0. The molecule has 1 aliphatic carbocycles. The van der Waals surface area contributed by atoms with Crippen LogP contribution in [0.25, 0.3) is 10.8 Å². The van der Waals surface area contributed by atoms with E-state index in [2.05, 4.69) is 54.6 Å². The van der Waals surface area contributed by atoms with Crippen molar-refractivity contribution in [2.75, 3.05) is 0 Å². The maximum atomic E-state index is 2.36. The van der Waals surface area contributed by atoms with E-state index < -0.39 is 0 Å². The first-order valence-corrected chi connectivity index (χ1v) is 6.07. The molecule has 16 heavy (non-hydrogen) atoms. The van der Waals surface area contributed by atoms with Crippen LogP contribution in [0.5, 0.6) is 0 Å². The van der Waals surface area contributed by atoms with Gasteiger partial charge in [0.1, 0.15) is 0 Å². The number of hydrogen-bond acceptors (Lipinski definition) is 0. The molecule has 80 valence electrons. The standard InChI is InChI=1S/C16H16/c1-2-6-13(7-3-1)16-11-10-14-8-4-5-9-15(14)12-16/h1-2,4-5,8-13H,3,6-7H2. The zero-order chi connectivity index (χ0) is 10.8. The van der Waals surface area contributed by atoms with Crippen molar-refractivity contribution in [1.29, 1.82) is 0 Å². The van der Waals surface area contributed by atoms with Crippen LogP contribution in [0.15, 0.2) is 54.6 Å². The molecule has 1 aliphatic rings. The lowest BCUT2D eigenvalue weighted by Crippen LogP contribution is -2.00. The van der Waals surface area contributed by atoms with Gasteiger partial charge in [-0.05, 0) is 41.5 Å². The van der Waals surface area contributed by atoms with Gasteiger partial charge in [0.15, 0.2) is 0 Å². The molecule has 3 rings (SSSR count). The van der Waals surface area contributed by atoms with Crippen LogP contribution in [0.1, 0.15) is 30.7 Å². The summed E-state index contributed by atoms with van der Waals surface area (Å²) in [4.78, 5) is 0. The van der Waals surface area contributed by atoms with Crippen LogP contribution < -0.4 is 0 Å². The third-order valence-electron chi connectivity index (χ3n) is 3.51. The van der Waals surface area contributed by atoms with E-state index in [-0.39, 0.29) is 0 Å². The smallest absolute Gasteiger partial charge is 0.0124 e. The predicted octanol–water partition coefficient (Wildman–Crippen LogP) is 4.66. The highest BCUT2D eigenvalue weighted by Crippen LogP contribution is 2.30. The Balaban J connectivity index is 2.01. The quantitative estimate of drug-likeness (QED) is 0.598. The van der Waals surface area contributed by atoms with Gasteiger partial charge in [0, 0.05) is 0 Å². The van der Waals surface area contributed by atoms with Crippen molar-refractivity contribution in [1.82, 2.24) is 0 Å². The summed E-state index contributed by atoms with van der Waals surface area (Å²) in [6.45, 7) is 0. The summed E-state index contributed by atoms with van der Waals surface area (Å²) in [6, 6.07) is 15.5. The highest BCUT2D eigenvalue weighted by atomic mass is 14.2. The van der Waals surface area contributed by atoms with Crippen LogP contribution in [0.4, 0.5) is 0 Å². The molecule has 1 unspecified atom stereocenters. The molecule has 1 atom stereocenters. The van der Waals surface area contributed by atoms with Crippen molar-refractivity contribution >= 4 is 10.8 Å². The molecule has 0 amide bonds. The Labute approximate surface area is 96.6 Å². The minimum atomic E-state index is 0.731. The number of benzene rings is 2. The average Bonchev–Trinajstić information content (AvgIpc) is 2.39. The minimum Gasteiger partial charge on any atom is -0.0885 e. The third kappa shape index (κ3) is 1.76. The molecule has 0 aromatic heterocycles. The lowest BCUT2D eigenvalue weighted by atomic mass is 9.87. The molecule has 0 saturated carbocycles. The van der Waals surface area contributed by atoms with Crippen molar-refractivity contribution < 1.29 is 0 Å². The molecule has 0 radical (unpaired) electrons. The Bertz CT molecular complexity index is 522. The molecule has 0 aliphatic heterocycles. The van der Waals surface area contributed by atoms with E-state index >= 15 is 0 Å². The van der Waals surface area contributed by atoms with E-state index in [1.807, 2.05) is 0 Å². The normalized spacial score (nSPS) is 20.1. The Morgan fingerprint density at radius 1 is 0.875 bits per heavy atom. The highest BCUT2D eigenvalue weighted by Gasteiger charge is 2.12. The summed E-state index contributed by atoms with van der Waals surface area (Å²) in [5, 5.41) is 2.71. The van der Waals surface area contributed by atoms with Crippen LogP contribution in [-0.2, 0) is 0 Å². The summed E-state index contributed by atoms with van der Waals surface area (Å²) in [7, 11) is 0. The molecule has 0 spiro atoms. The largest absolute Gasteiger partial charge is 0.0885 e. The fourth-order valence-corrected chi connectivity index (χ4v) is 2.56. The van der Waals surface area contributed by atoms with Gasteiger partial charge in [-0.3, -0.25) is 0 Å². The molecule has 0 nitrogen and oxygen atoms in total. The first kappa shape index (κ1) is 9.65. The monoisotopic (exact) mass is 208 g/mol. The topological polar surface area (TPSA) is 0 Å². The average molecular weight is 208 g/mol. The third-order valence-corrected chi connectivity index (χ3v) is 3.51. The van der Waals surface area contributed by atoms with Crippen LogP contribution in [0, 0.1) is 0 Å². The molecular weight excluding hydrogens is 192 g/mol. The first-order chi connectivity index (χ1) is 7.93. The van der Waals surface area contributed by atoms with Crippen LogP contribution >= 0.6 is 0 Å². The van der Waals surface area contributed by atoms with Gasteiger partial charge in [0.2, 0.25) is 0 Å². The van der Waals surface area contributed by atoms with Crippen molar-refractivity contribution in [3.63, 3.8) is 0 Å².